The zero-order valence-corrected chi connectivity index (χ0v) is 33.0. The lowest BCUT2D eigenvalue weighted by atomic mass is 9.86. The fraction of sp³-hybridized carbons (Fsp3) is 0.488. The molecule has 290 valence electrons. The Labute approximate surface area is 318 Å². The number of aliphatic hydroxyl groups is 2. The maximum absolute atomic E-state index is 16.3. The van der Waals surface area contributed by atoms with Crippen molar-refractivity contribution >= 4 is 25.7 Å². The van der Waals surface area contributed by atoms with Gasteiger partial charge in [-0.1, -0.05) is 42.5 Å². The van der Waals surface area contributed by atoms with Gasteiger partial charge in [-0.2, -0.15) is 0 Å². The van der Waals surface area contributed by atoms with Crippen LogP contribution in [-0.4, -0.2) is 85.1 Å². The zero-order chi connectivity index (χ0) is 38.4. The topological polar surface area (TPSA) is 131 Å². The third-order valence-electron chi connectivity index (χ3n) is 10.8. The summed E-state index contributed by atoms with van der Waals surface area (Å²) >= 11 is 0. The lowest BCUT2D eigenvalue weighted by molar-refractivity contribution is -0.120. The summed E-state index contributed by atoms with van der Waals surface area (Å²) < 4.78 is 36.8. The number of unbranched alkanes of at least 4 members (excludes halogenated alkanes) is 1. The molecule has 11 nitrogen and oxygen atoms in total. The van der Waals surface area contributed by atoms with Gasteiger partial charge in [0.1, 0.15) is 17.6 Å². The van der Waals surface area contributed by atoms with Gasteiger partial charge >= 0.3 is 0 Å². The smallest absolute Gasteiger partial charge is 0.249 e. The first-order chi connectivity index (χ1) is 26.1. The van der Waals surface area contributed by atoms with Gasteiger partial charge in [-0.15, -0.1) is 5.10 Å². The molecule has 0 fully saturated rings. The molecule has 0 radical (unpaired) electrons. The molecule has 4 aromatic rings. The number of ether oxygens (including phenoxy) is 3. The largest absolute Gasteiger partial charge is 0.494 e. The molecule has 3 aromatic carbocycles. The predicted molar refractivity (Wildman–Crippen MR) is 209 cm³/mol. The summed E-state index contributed by atoms with van der Waals surface area (Å²) in [4.78, 5) is 15.9. The number of hydrogen-bond acceptors (Lipinski definition) is 9. The Bertz CT molecular complexity index is 1860. The zero-order valence-electron chi connectivity index (χ0n) is 32.0. The van der Waals surface area contributed by atoms with Crippen LogP contribution in [0.3, 0.4) is 0 Å². The van der Waals surface area contributed by atoms with E-state index in [1.165, 1.54) is 0 Å². The number of amides is 1. The lowest BCUT2D eigenvalue weighted by Gasteiger charge is -2.43. The van der Waals surface area contributed by atoms with Crippen LogP contribution in [0.25, 0.3) is 0 Å². The van der Waals surface area contributed by atoms with E-state index in [0.29, 0.717) is 56.1 Å². The number of methoxy groups -OCH3 is 1. The molecule has 0 spiro atoms. The van der Waals surface area contributed by atoms with Crippen molar-refractivity contribution in [2.75, 3.05) is 38.4 Å². The van der Waals surface area contributed by atoms with Crippen LogP contribution >= 0.6 is 0 Å². The number of aryl methyl sites for hydroxylation is 1. The highest BCUT2D eigenvalue weighted by molar-refractivity contribution is 6.72. The summed E-state index contributed by atoms with van der Waals surface area (Å²) in [6.45, 7) is 9.04. The van der Waals surface area contributed by atoms with Gasteiger partial charge in [-0.05, 0) is 99.8 Å². The number of nitrogens with zero attached hydrogens (tertiary/aromatic N) is 4. The fourth-order valence-electron chi connectivity index (χ4n) is 8.03. The average molecular weight is 760 g/mol. The van der Waals surface area contributed by atoms with Crippen molar-refractivity contribution in [3.63, 3.8) is 0 Å². The van der Waals surface area contributed by atoms with Crippen LogP contribution in [0.2, 0.25) is 18.6 Å². The van der Waals surface area contributed by atoms with Gasteiger partial charge in [0.05, 0.1) is 42.7 Å². The molecular formula is C41H54FN5O6Si. The van der Waals surface area contributed by atoms with E-state index < -0.39 is 26.7 Å². The molecule has 3 N–H and O–H groups in total. The Balaban J connectivity index is 1.25. The van der Waals surface area contributed by atoms with Gasteiger partial charge in [0.2, 0.25) is 14.3 Å². The second-order valence-corrected chi connectivity index (χ2v) is 18.7. The predicted octanol–water partition coefficient (Wildman–Crippen LogP) is 6.47. The van der Waals surface area contributed by atoms with Crippen LogP contribution in [-0.2, 0) is 22.5 Å². The second-order valence-electron chi connectivity index (χ2n) is 14.9. The number of anilines is 2. The van der Waals surface area contributed by atoms with Crippen LogP contribution in [0, 0.1) is 5.92 Å². The summed E-state index contributed by atoms with van der Waals surface area (Å²) in [7, 11) is -1.63. The number of carbonyl (C=O) groups is 1. The highest BCUT2D eigenvalue weighted by Gasteiger charge is 2.47. The summed E-state index contributed by atoms with van der Waals surface area (Å²) in [5.74, 6) is 0.801. The van der Waals surface area contributed by atoms with Crippen LogP contribution in [0.1, 0.15) is 67.5 Å². The Morgan fingerprint density at radius 2 is 1.89 bits per heavy atom. The Hall–Kier alpha value is -4.14. The highest BCUT2D eigenvalue weighted by atomic mass is 28.4. The first-order valence-electron chi connectivity index (χ1n) is 19.1. The van der Waals surface area contributed by atoms with Gasteiger partial charge < -0.3 is 33.8 Å². The molecule has 1 amide bonds. The Morgan fingerprint density at radius 3 is 2.59 bits per heavy atom. The van der Waals surface area contributed by atoms with Gasteiger partial charge in [0, 0.05) is 49.2 Å². The van der Waals surface area contributed by atoms with Crippen LogP contribution in [0.4, 0.5) is 15.5 Å². The minimum absolute atomic E-state index is 0.0668. The summed E-state index contributed by atoms with van der Waals surface area (Å²) in [6.07, 6.45) is 3.40. The number of benzene rings is 3. The van der Waals surface area contributed by atoms with Crippen molar-refractivity contribution in [1.82, 2.24) is 20.3 Å². The lowest BCUT2D eigenvalue weighted by Crippen LogP contribution is -2.50. The third kappa shape index (κ3) is 8.55. The van der Waals surface area contributed by atoms with E-state index in [1.54, 1.807) is 29.8 Å². The SMILES string of the molecule is CCOc1ccc2c(c1)CC(NCCCCO)C(=O)N2c1ccc2c(c1)[C@@H](OC)[C@H](C)[C@@H](C(CCn1cc(C(CO)c3ccccc3)nn1)[Si](C)(C)F)O2. The van der Waals surface area contributed by atoms with Crippen molar-refractivity contribution < 1.29 is 33.3 Å². The van der Waals surface area contributed by atoms with Gasteiger partial charge in [0.25, 0.3) is 0 Å². The molecule has 1 aromatic heterocycles. The molecule has 13 heteroatoms. The van der Waals surface area contributed by atoms with Gasteiger partial charge in [-0.25, -0.2) is 0 Å². The molecule has 0 aliphatic carbocycles. The number of aromatic nitrogens is 3. The molecular weight excluding hydrogens is 706 g/mol. The highest BCUT2D eigenvalue weighted by Crippen LogP contribution is 2.49. The standard InChI is InChI=1S/C41H54FN5O6Si/c1-6-52-31-15-16-36-29(22-31)23-34(43-19-10-11-21-48)41(50)47(36)30-14-17-37-32(24-30)39(51-3)27(2)40(53-37)38(54(4,5)42)18-20-46-25-35(44-45-46)33(26-49)28-12-8-7-9-13-28/h7-9,12-17,22,24-25,27,33-34,38-40,43,48-49H,6,10-11,18-21,23,26H2,1-5H3/t27-,33?,34?,38?,39-,40-/m0/s1. The molecule has 54 heavy (non-hydrogen) atoms. The summed E-state index contributed by atoms with van der Waals surface area (Å²) in [6, 6.07) is 20.8. The molecule has 2 aliphatic rings. The third-order valence-corrected chi connectivity index (χ3v) is 13.2. The molecule has 0 saturated heterocycles. The Morgan fingerprint density at radius 1 is 1.09 bits per heavy atom. The normalized spacial score (nSPS) is 20.9. The summed E-state index contributed by atoms with van der Waals surface area (Å²) in [5, 5.41) is 31.5. The number of carbonyl (C=O) groups excluding carboxylic acids is 1. The monoisotopic (exact) mass is 759 g/mol. The molecule has 6 rings (SSSR count). The Kier molecular flexibility index (Phi) is 12.9. The number of rotatable bonds is 17. The molecule has 6 atom stereocenters. The maximum Gasteiger partial charge on any atom is 0.249 e. The number of hydrogen-bond donors (Lipinski definition) is 3. The van der Waals surface area contributed by atoms with E-state index in [9.17, 15) is 15.0 Å². The molecule has 0 saturated carbocycles. The van der Waals surface area contributed by atoms with Crippen LogP contribution in [0.5, 0.6) is 11.5 Å². The van der Waals surface area contributed by atoms with E-state index in [4.69, 9.17) is 14.2 Å². The van der Waals surface area contributed by atoms with Crippen LogP contribution < -0.4 is 19.7 Å². The minimum Gasteiger partial charge on any atom is -0.494 e. The quantitative estimate of drug-likeness (QED) is 0.0630. The minimum atomic E-state index is -3.30. The van der Waals surface area contributed by atoms with Crippen molar-refractivity contribution in [3.05, 3.63) is 95.3 Å². The maximum atomic E-state index is 16.3. The van der Waals surface area contributed by atoms with Crippen molar-refractivity contribution in [2.45, 2.75) is 88.9 Å². The van der Waals surface area contributed by atoms with Crippen LogP contribution in [0.15, 0.2) is 72.9 Å². The molecule has 3 heterocycles. The number of fused-ring (bicyclic) bond motifs is 2. The van der Waals surface area contributed by atoms with E-state index in [0.717, 1.165) is 34.5 Å². The van der Waals surface area contributed by atoms with Crippen molar-refractivity contribution in [2.24, 2.45) is 5.92 Å². The van der Waals surface area contributed by atoms with Gasteiger partial charge in [0.15, 0.2) is 0 Å². The van der Waals surface area contributed by atoms with Gasteiger partial charge in [-0.3, -0.25) is 14.4 Å². The van der Waals surface area contributed by atoms with Crippen molar-refractivity contribution in [3.8, 4) is 11.5 Å². The van der Waals surface area contributed by atoms with E-state index in [1.807, 2.05) is 86.8 Å². The second kappa shape index (κ2) is 17.5. The fourth-order valence-corrected chi connectivity index (χ4v) is 10.0. The molecule has 0 bridgehead atoms. The number of halogens is 1. The first-order valence-corrected chi connectivity index (χ1v) is 22.1. The van der Waals surface area contributed by atoms with E-state index in [-0.39, 0.29) is 36.5 Å². The summed E-state index contributed by atoms with van der Waals surface area (Å²) in [5.41, 5.74) is 4.52. The number of aliphatic hydroxyl groups excluding tert-OH is 2. The number of nitrogens with one attached hydrogen (secondary N) is 1. The molecule has 3 unspecified atom stereocenters. The van der Waals surface area contributed by atoms with E-state index in [2.05, 4.69) is 15.6 Å². The average Bonchev–Trinajstić information content (AvgIpc) is 3.62. The van der Waals surface area contributed by atoms with E-state index >= 15 is 4.11 Å². The van der Waals surface area contributed by atoms with Crippen molar-refractivity contribution in [1.29, 1.82) is 0 Å². The molecule has 2 aliphatic heterocycles. The first kappa shape index (κ1) is 39.5.